The molecule has 0 spiro atoms. The van der Waals surface area contributed by atoms with Crippen molar-refractivity contribution in [1.29, 1.82) is 0 Å². The summed E-state index contributed by atoms with van der Waals surface area (Å²) in [6.07, 6.45) is 6.86. The van der Waals surface area contributed by atoms with Crippen LogP contribution in [-0.2, 0) is 0 Å². The minimum atomic E-state index is 0.191. The SMILES string of the molecule is CCC1CCC(C(NN)c2ccco2)C1. The van der Waals surface area contributed by atoms with Gasteiger partial charge in [-0.2, -0.15) is 0 Å². The topological polar surface area (TPSA) is 51.2 Å². The number of rotatable bonds is 4. The van der Waals surface area contributed by atoms with E-state index >= 15 is 0 Å². The molecule has 0 radical (unpaired) electrons. The van der Waals surface area contributed by atoms with Crippen molar-refractivity contribution in [3.8, 4) is 0 Å². The molecule has 3 unspecified atom stereocenters. The Kier molecular flexibility index (Phi) is 3.44. The molecule has 1 aromatic heterocycles. The first-order chi connectivity index (χ1) is 7.35. The van der Waals surface area contributed by atoms with Crippen molar-refractivity contribution in [2.24, 2.45) is 17.7 Å². The van der Waals surface area contributed by atoms with Crippen LogP contribution in [0, 0.1) is 11.8 Å². The van der Waals surface area contributed by atoms with Gasteiger partial charge in [-0.05, 0) is 36.8 Å². The van der Waals surface area contributed by atoms with Crippen LogP contribution in [0.2, 0.25) is 0 Å². The Morgan fingerprint density at radius 1 is 1.60 bits per heavy atom. The summed E-state index contributed by atoms with van der Waals surface area (Å²) in [6, 6.07) is 4.12. The Morgan fingerprint density at radius 3 is 3.00 bits per heavy atom. The van der Waals surface area contributed by atoms with Crippen molar-refractivity contribution in [3.63, 3.8) is 0 Å². The number of hydrogen-bond donors (Lipinski definition) is 2. The summed E-state index contributed by atoms with van der Waals surface area (Å²) in [5, 5.41) is 0. The molecule has 0 amide bonds. The van der Waals surface area contributed by atoms with Crippen LogP contribution in [0.15, 0.2) is 22.8 Å². The van der Waals surface area contributed by atoms with Crippen molar-refractivity contribution < 1.29 is 4.42 Å². The molecule has 1 aliphatic carbocycles. The van der Waals surface area contributed by atoms with Crippen molar-refractivity contribution in [1.82, 2.24) is 5.43 Å². The van der Waals surface area contributed by atoms with Gasteiger partial charge in [-0.3, -0.25) is 5.84 Å². The maximum Gasteiger partial charge on any atom is 0.122 e. The van der Waals surface area contributed by atoms with Crippen LogP contribution < -0.4 is 11.3 Å². The first kappa shape index (κ1) is 10.7. The van der Waals surface area contributed by atoms with E-state index in [1.165, 1.54) is 25.7 Å². The Bertz CT molecular complexity index is 284. The first-order valence-corrected chi connectivity index (χ1v) is 5.84. The minimum Gasteiger partial charge on any atom is -0.468 e. The van der Waals surface area contributed by atoms with Crippen LogP contribution in [0.1, 0.15) is 44.4 Å². The van der Waals surface area contributed by atoms with Gasteiger partial charge in [0.2, 0.25) is 0 Å². The van der Waals surface area contributed by atoms with E-state index in [1.807, 2.05) is 12.1 Å². The number of nitrogens with two attached hydrogens (primary N) is 1. The maximum absolute atomic E-state index is 5.62. The summed E-state index contributed by atoms with van der Waals surface area (Å²) in [5.41, 5.74) is 2.90. The fourth-order valence-corrected chi connectivity index (χ4v) is 2.71. The molecule has 3 atom stereocenters. The molecule has 0 aliphatic heterocycles. The average Bonchev–Trinajstić information content (AvgIpc) is 2.89. The number of hydrogen-bond acceptors (Lipinski definition) is 3. The summed E-state index contributed by atoms with van der Waals surface area (Å²) in [6.45, 7) is 2.27. The van der Waals surface area contributed by atoms with E-state index in [0.29, 0.717) is 5.92 Å². The van der Waals surface area contributed by atoms with Gasteiger partial charge in [-0.25, -0.2) is 5.43 Å². The quantitative estimate of drug-likeness (QED) is 0.590. The summed E-state index contributed by atoms with van der Waals surface area (Å²) in [7, 11) is 0. The summed E-state index contributed by atoms with van der Waals surface area (Å²) in [5.74, 6) is 8.10. The third-order valence-corrected chi connectivity index (χ3v) is 3.66. The molecule has 2 rings (SSSR count). The zero-order valence-electron chi connectivity index (χ0n) is 9.28. The average molecular weight is 208 g/mol. The molecule has 3 N–H and O–H groups in total. The molecule has 3 heteroatoms. The normalized spacial score (nSPS) is 28.1. The van der Waals surface area contributed by atoms with Gasteiger partial charge >= 0.3 is 0 Å². The Hall–Kier alpha value is -0.800. The van der Waals surface area contributed by atoms with Gasteiger partial charge in [0.1, 0.15) is 5.76 Å². The fourth-order valence-electron chi connectivity index (χ4n) is 2.71. The van der Waals surface area contributed by atoms with E-state index in [-0.39, 0.29) is 6.04 Å². The molecule has 1 aromatic rings. The van der Waals surface area contributed by atoms with E-state index < -0.39 is 0 Å². The van der Waals surface area contributed by atoms with Crippen LogP contribution in [0.4, 0.5) is 0 Å². The van der Waals surface area contributed by atoms with E-state index in [2.05, 4.69) is 12.3 Å². The Balaban J connectivity index is 2.02. The number of furan rings is 1. The molecule has 0 aromatic carbocycles. The number of nitrogens with one attached hydrogen (secondary N) is 1. The minimum absolute atomic E-state index is 0.191. The lowest BCUT2D eigenvalue weighted by Crippen LogP contribution is -2.32. The van der Waals surface area contributed by atoms with Crippen LogP contribution in [0.5, 0.6) is 0 Å². The predicted molar refractivity (Wildman–Crippen MR) is 59.9 cm³/mol. The Morgan fingerprint density at radius 2 is 2.47 bits per heavy atom. The number of hydrazine groups is 1. The zero-order valence-corrected chi connectivity index (χ0v) is 9.28. The maximum atomic E-state index is 5.62. The van der Waals surface area contributed by atoms with E-state index in [9.17, 15) is 0 Å². The van der Waals surface area contributed by atoms with Gasteiger partial charge in [0, 0.05) is 0 Å². The van der Waals surface area contributed by atoms with Gasteiger partial charge in [0.25, 0.3) is 0 Å². The van der Waals surface area contributed by atoms with Crippen molar-refractivity contribution in [2.75, 3.05) is 0 Å². The highest BCUT2D eigenvalue weighted by atomic mass is 16.3. The highest BCUT2D eigenvalue weighted by Crippen LogP contribution is 2.40. The van der Waals surface area contributed by atoms with E-state index in [1.54, 1.807) is 6.26 Å². The fraction of sp³-hybridized carbons (Fsp3) is 0.667. The molecule has 15 heavy (non-hydrogen) atoms. The van der Waals surface area contributed by atoms with Crippen LogP contribution in [0.25, 0.3) is 0 Å². The lowest BCUT2D eigenvalue weighted by atomic mass is 9.94. The highest BCUT2D eigenvalue weighted by molar-refractivity contribution is 5.06. The molecular weight excluding hydrogens is 188 g/mol. The van der Waals surface area contributed by atoms with Gasteiger partial charge in [0.05, 0.1) is 12.3 Å². The molecule has 1 fully saturated rings. The lowest BCUT2D eigenvalue weighted by molar-refractivity contribution is 0.307. The third kappa shape index (κ3) is 2.24. The highest BCUT2D eigenvalue weighted by Gasteiger charge is 2.31. The molecule has 84 valence electrons. The van der Waals surface area contributed by atoms with Crippen LogP contribution in [-0.4, -0.2) is 0 Å². The molecule has 1 saturated carbocycles. The summed E-state index contributed by atoms with van der Waals surface area (Å²) < 4.78 is 5.43. The first-order valence-electron chi connectivity index (χ1n) is 5.84. The molecule has 1 aliphatic rings. The van der Waals surface area contributed by atoms with Crippen molar-refractivity contribution in [2.45, 2.75) is 38.6 Å². The van der Waals surface area contributed by atoms with E-state index in [4.69, 9.17) is 10.3 Å². The largest absolute Gasteiger partial charge is 0.468 e. The van der Waals surface area contributed by atoms with Crippen molar-refractivity contribution in [3.05, 3.63) is 24.2 Å². The summed E-state index contributed by atoms with van der Waals surface area (Å²) >= 11 is 0. The third-order valence-electron chi connectivity index (χ3n) is 3.66. The van der Waals surface area contributed by atoms with Gasteiger partial charge in [0.15, 0.2) is 0 Å². The summed E-state index contributed by atoms with van der Waals surface area (Å²) in [4.78, 5) is 0. The molecule has 3 nitrogen and oxygen atoms in total. The Labute approximate surface area is 91.0 Å². The lowest BCUT2D eigenvalue weighted by Gasteiger charge is -2.20. The smallest absolute Gasteiger partial charge is 0.122 e. The molecule has 0 saturated heterocycles. The zero-order chi connectivity index (χ0) is 10.7. The van der Waals surface area contributed by atoms with Crippen LogP contribution in [0.3, 0.4) is 0 Å². The second-order valence-corrected chi connectivity index (χ2v) is 4.51. The second kappa shape index (κ2) is 4.81. The monoisotopic (exact) mass is 208 g/mol. The van der Waals surface area contributed by atoms with Gasteiger partial charge in [-0.15, -0.1) is 0 Å². The van der Waals surface area contributed by atoms with E-state index in [0.717, 1.165) is 11.7 Å². The molecular formula is C12H20N2O. The van der Waals surface area contributed by atoms with Gasteiger partial charge in [-0.1, -0.05) is 19.8 Å². The molecule has 1 heterocycles. The predicted octanol–water partition coefficient (Wildman–Crippen LogP) is 2.61. The second-order valence-electron chi connectivity index (χ2n) is 4.51. The standard InChI is InChI=1S/C12H20N2O/c1-2-9-5-6-10(8-9)12(14-13)11-4-3-7-15-11/h3-4,7,9-10,12,14H,2,5-6,8,13H2,1H3. The van der Waals surface area contributed by atoms with Crippen LogP contribution >= 0.6 is 0 Å². The van der Waals surface area contributed by atoms with Crippen molar-refractivity contribution >= 4 is 0 Å². The molecule has 0 bridgehead atoms. The van der Waals surface area contributed by atoms with Gasteiger partial charge < -0.3 is 4.42 Å².